The van der Waals surface area contributed by atoms with Crippen molar-refractivity contribution in [1.29, 1.82) is 0 Å². The van der Waals surface area contributed by atoms with Crippen LogP contribution in [-0.4, -0.2) is 5.54 Å². The van der Waals surface area contributed by atoms with Gasteiger partial charge in [0.15, 0.2) is 0 Å². The first-order valence-corrected chi connectivity index (χ1v) is 6.37. The van der Waals surface area contributed by atoms with E-state index in [-0.39, 0.29) is 5.54 Å². The van der Waals surface area contributed by atoms with E-state index < -0.39 is 0 Å². The van der Waals surface area contributed by atoms with Crippen LogP contribution in [0.5, 0.6) is 0 Å². The van der Waals surface area contributed by atoms with Gasteiger partial charge in [-0.25, -0.2) is 0 Å². The SMILES string of the molecule is CC(C)c1ccc(Br)cc1CC1(N)CC1. The molecule has 1 fully saturated rings. The number of hydrogen-bond donors (Lipinski definition) is 1. The summed E-state index contributed by atoms with van der Waals surface area (Å²) in [5.74, 6) is 0.579. The fourth-order valence-electron chi connectivity index (χ4n) is 2.01. The standard InChI is InChI=1S/C13H18BrN/c1-9(2)12-4-3-11(14)7-10(12)8-13(15)5-6-13/h3-4,7,9H,5-6,8,15H2,1-2H3. The lowest BCUT2D eigenvalue weighted by molar-refractivity contribution is 0.661. The maximum absolute atomic E-state index is 6.18. The predicted octanol–water partition coefficient (Wildman–Crippen LogP) is 3.61. The molecule has 15 heavy (non-hydrogen) atoms. The van der Waals surface area contributed by atoms with Crippen molar-refractivity contribution < 1.29 is 0 Å². The van der Waals surface area contributed by atoms with Gasteiger partial charge in [-0.2, -0.15) is 0 Å². The zero-order chi connectivity index (χ0) is 11.1. The zero-order valence-electron chi connectivity index (χ0n) is 9.39. The topological polar surface area (TPSA) is 26.0 Å². The summed E-state index contributed by atoms with van der Waals surface area (Å²) in [6.45, 7) is 4.48. The second kappa shape index (κ2) is 3.91. The molecule has 1 aliphatic carbocycles. The highest BCUT2D eigenvalue weighted by molar-refractivity contribution is 9.10. The predicted molar refractivity (Wildman–Crippen MR) is 68.1 cm³/mol. The molecule has 0 bridgehead atoms. The quantitative estimate of drug-likeness (QED) is 0.890. The van der Waals surface area contributed by atoms with E-state index in [0.717, 1.165) is 10.9 Å². The Kier molecular flexibility index (Phi) is 2.91. The lowest BCUT2D eigenvalue weighted by atomic mass is 9.92. The number of hydrogen-bond acceptors (Lipinski definition) is 1. The third-order valence-electron chi connectivity index (χ3n) is 3.16. The van der Waals surface area contributed by atoms with Crippen molar-refractivity contribution in [3.05, 3.63) is 33.8 Å². The lowest BCUT2D eigenvalue weighted by Gasteiger charge is -2.16. The van der Waals surface area contributed by atoms with Crippen molar-refractivity contribution >= 4 is 15.9 Å². The number of halogens is 1. The van der Waals surface area contributed by atoms with Gasteiger partial charge in [0.2, 0.25) is 0 Å². The van der Waals surface area contributed by atoms with Crippen LogP contribution in [0, 0.1) is 0 Å². The van der Waals surface area contributed by atoms with Gasteiger partial charge in [-0.1, -0.05) is 35.8 Å². The van der Waals surface area contributed by atoms with Crippen LogP contribution in [0.15, 0.2) is 22.7 Å². The fourth-order valence-corrected chi connectivity index (χ4v) is 2.42. The first kappa shape index (κ1) is 11.2. The van der Waals surface area contributed by atoms with E-state index >= 15 is 0 Å². The Morgan fingerprint density at radius 1 is 1.40 bits per heavy atom. The van der Waals surface area contributed by atoms with Gasteiger partial charge in [-0.15, -0.1) is 0 Å². The number of benzene rings is 1. The molecule has 0 spiro atoms. The third-order valence-corrected chi connectivity index (χ3v) is 3.66. The minimum Gasteiger partial charge on any atom is -0.325 e. The number of rotatable bonds is 3. The fraction of sp³-hybridized carbons (Fsp3) is 0.538. The zero-order valence-corrected chi connectivity index (χ0v) is 11.0. The first-order chi connectivity index (χ1) is 7.00. The second-order valence-corrected chi connectivity index (χ2v) is 5.95. The van der Waals surface area contributed by atoms with Gasteiger partial charge in [-0.05, 0) is 48.4 Å². The molecule has 0 saturated heterocycles. The van der Waals surface area contributed by atoms with Crippen LogP contribution >= 0.6 is 15.9 Å². The van der Waals surface area contributed by atoms with Gasteiger partial charge in [-0.3, -0.25) is 0 Å². The molecule has 0 heterocycles. The Hall–Kier alpha value is -0.340. The van der Waals surface area contributed by atoms with E-state index in [2.05, 4.69) is 48.0 Å². The third kappa shape index (κ3) is 2.61. The van der Waals surface area contributed by atoms with Crippen LogP contribution in [0.3, 0.4) is 0 Å². The second-order valence-electron chi connectivity index (χ2n) is 5.04. The Morgan fingerprint density at radius 3 is 2.60 bits per heavy atom. The maximum atomic E-state index is 6.18. The summed E-state index contributed by atoms with van der Waals surface area (Å²) in [7, 11) is 0. The molecule has 82 valence electrons. The van der Waals surface area contributed by atoms with E-state index in [9.17, 15) is 0 Å². The van der Waals surface area contributed by atoms with Gasteiger partial charge >= 0.3 is 0 Å². The Balaban J connectivity index is 2.29. The smallest absolute Gasteiger partial charge is 0.0196 e. The summed E-state index contributed by atoms with van der Waals surface area (Å²) >= 11 is 3.53. The molecule has 0 aliphatic heterocycles. The highest BCUT2D eigenvalue weighted by Gasteiger charge is 2.38. The molecule has 2 rings (SSSR count). The van der Waals surface area contributed by atoms with Gasteiger partial charge in [0.05, 0.1) is 0 Å². The van der Waals surface area contributed by atoms with Crippen molar-refractivity contribution in [1.82, 2.24) is 0 Å². The molecule has 2 heteroatoms. The van der Waals surface area contributed by atoms with Crippen LogP contribution in [0.1, 0.15) is 43.7 Å². The summed E-state index contributed by atoms with van der Waals surface area (Å²) in [6.07, 6.45) is 3.38. The van der Waals surface area contributed by atoms with E-state index in [1.165, 1.54) is 24.0 Å². The summed E-state index contributed by atoms with van der Waals surface area (Å²) in [6, 6.07) is 6.56. The molecule has 1 nitrogen and oxygen atoms in total. The summed E-state index contributed by atoms with van der Waals surface area (Å²) in [5, 5.41) is 0. The monoisotopic (exact) mass is 267 g/mol. The van der Waals surface area contributed by atoms with Crippen molar-refractivity contribution in [3.8, 4) is 0 Å². The Labute approximate surface area is 100 Å². The normalized spacial score (nSPS) is 18.2. The minimum atomic E-state index is 0.102. The molecule has 0 radical (unpaired) electrons. The van der Waals surface area contributed by atoms with E-state index in [1.807, 2.05) is 0 Å². The molecule has 1 aromatic rings. The molecule has 1 saturated carbocycles. The van der Waals surface area contributed by atoms with E-state index in [1.54, 1.807) is 0 Å². The maximum Gasteiger partial charge on any atom is 0.0196 e. The Morgan fingerprint density at radius 2 is 2.07 bits per heavy atom. The molecule has 1 aliphatic rings. The summed E-state index contributed by atoms with van der Waals surface area (Å²) in [5.41, 5.74) is 9.14. The van der Waals surface area contributed by atoms with Crippen LogP contribution in [-0.2, 0) is 6.42 Å². The highest BCUT2D eigenvalue weighted by Crippen LogP contribution is 2.37. The van der Waals surface area contributed by atoms with Crippen molar-refractivity contribution in [3.63, 3.8) is 0 Å². The average Bonchev–Trinajstić information content (AvgIpc) is 2.82. The van der Waals surface area contributed by atoms with Gasteiger partial charge in [0.1, 0.15) is 0 Å². The van der Waals surface area contributed by atoms with E-state index in [0.29, 0.717) is 5.92 Å². The average molecular weight is 268 g/mol. The highest BCUT2D eigenvalue weighted by atomic mass is 79.9. The largest absolute Gasteiger partial charge is 0.325 e. The van der Waals surface area contributed by atoms with Crippen LogP contribution in [0.25, 0.3) is 0 Å². The summed E-state index contributed by atoms with van der Waals surface area (Å²) < 4.78 is 1.16. The van der Waals surface area contributed by atoms with Gasteiger partial charge in [0, 0.05) is 10.0 Å². The molecule has 0 aromatic heterocycles. The molecule has 0 amide bonds. The minimum absolute atomic E-state index is 0.102. The molecule has 0 unspecified atom stereocenters. The Bertz CT molecular complexity index is 367. The van der Waals surface area contributed by atoms with Gasteiger partial charge in [0.25, 0.3) is 0 Å². The molecule has 2 N–H and O–H groups in total. The number of nitrogens with two attached hydrogens (primary N) is 1. The first-order valence-electron chi connectivity index (χ1n) is 5.57. The lowest BCUT2D eigenvalue weighted by Crippen LogP contribution is -2.25. The van der Waals surface area contributed by atoms with Gasteiger partial charge < -0.3 is 5.73 Å². The van der Waals surface area contributed by atoms with Crippen molar-refractivity contribution in [2.45, 2.75) is 44.6 Å². The van der Waals surface area contributed by atoms with Crippen molar-refractivity contribution in [2.75, 3.05) is 0 Å². The summed E-state index contributed by atoms with van der Waals surface area (Å²) in [4.78, 5) is 0. The molecular weight excluding hydrogens is 250 g/mol. The van der Waals surface area contributed by atoms with Crippen LogP contribution in [0.2, 0.25) is 0 Å². The van der Waals surface area contributed by atoms with Crippen LogP contribution in [0.4, 0.5) is 0 Å². The van der Waals surface area contributed by atoms with Crippen LogP contribution < -0.4 is 5.73 Å². The van der Waals surface area contributed by atoms with Crippen molar-refractivity contribution in [2.24, 2.45) is 5.73 Å². The molecule has 0 atom stereocenters. The molecular formula is C13H18BrN. The van der Waals surface area contributed by atoms with E-state index in [4.69, 9.17) is 5.73 Å². The molecule has 1 aromatic carbocycles.